The number of aromatic carboxylic acids is 1. The molecule has 3 aromatic carbocycles. The molecule has 0 spiro atoms. The fourth-order valence-electron chi connectivity index (χ4n) is 7.44. The quantitative estimate of drug-likeness (QED) is 0.0875. The number of aromatic nitrogens is 1. The highest BCUT2D eigenvalue weighted by atomic mass is 16.4. The summed E-state index contributed by atoms with van der Waals surface area (Å²) in [6.07, 6.45) is 15.0. The molecule has 0 saturated heterocycles. The third-order valence-corrected chi connectivity index (χ3v) is 9.85. The Labute approximate surface area is 276 Å². The number of fused-ring (bicyclic) bond motifs is 2. The highest BCUT2D eigenvalue weighted by Crippen LogP contribution is 2.45. The number of para-hydroxylation sites is 2. The first-order valence-electron chi connectivity index (χ1n) is 17.8. The zero-order chi connectivity index (χ0) is 32.5. The first kappa shape index (κ1) is 33.4. The molecule has 4 aromatic rings. The van der Waals surface area contributed by atoms with Gasteiger partial charge in [0.1, 0.15) is 6.54 Å². The van der Waals surface area contributed by atoms with Crippen molar-refractivity contribution < 1.29 is 14.5 Å². The van der Waals surface area contributed by atoms with Crippen molar-refractivity contribution in [3.05, 3.63) is 101 Å². The predicted octanol–water partition coefficient (Wildman–Crippen LogP) is 10.1. The minimum absolute atomic E-state index is 0.233. The largest absolute Gasteiger partial charge is 0.545 e. The third-order valence-electron chi connectivity index (χ3n) is 9.85. The lowest BCUT2D eigenvalue weighted by atomic mass is 9.85. The van der Waals surface area contributed by atoms with Gasteiger partial charge in [0.05, 0.1) is 17.1 Å². The Hall–Kier alpha value is -3.92. The molecule has 0 amide bonds. The van der Waals surface area contributed by atoms with Gasteiger partial charge in [0.15, 0.2) is 5.71 Å². The zero-order valence-electron chi connectivity index (χ0n) is 28.5. The average Bonchev–Trinajstić information content (AvgIpc) is 3.51. The van der Waals surface area contributed by atoms with Gasteiger partial charge in [0, 0.05) is 59.3 Å². The Kier molecular flexibility index (Phi) is 11.7. The number of hydrogen-bond donors (Lipinski definition) is 0. The van der Waals surface area contributed by atoms with Crippen LogP contribution in [0.3, 0.4) is 0 Å². The Morgan fingerprint density at radius 2 is 1.28 bits per heavy atom. The summed E-state index contributed by atoms with van der Waals surface area (Å²) in [5.41, 5.74) is 10.2. The van der Waals surface area contributed by atoms with Crippen molar-refractivity contribution in [2.45, 2.75) is 111 Å². The number of carboxylic acids is 1. The van der Waals surface area contributed by atoms with Gasteiger partial charge in [-0.25, -0.2) is 0 Å². The van der Waals surface area contributed by atoms with Crippen molar-refractivity contribution in [1.82, 2.24) is 4.57 Å². The van der Waals surface area contributed by atoms with Crippen LogP contribution in [0.5, 0.6) is 0 Å². The van der Waals surface area contributed by atoms with Crippen LogP contribution in [0.25, 0.3) is 22.0 Å². The van der Waals surface area contributed by atoms with E-state index >= 15 is 0 Å². The minimum atomic E-state index is -1.14. The fourth-order valence-corrected chi connectivity index (χ4v) is 7.44. The number of carbonyl (C=O) groups is 1. The van der Waals surface area contributed by atoms with Crippen LogP contribution in [0.2, 0.25) is 0 Å². The highest BCUT2D eigenvalue weighted by molar-refractivity contribution is 6.33. The Morgan fingerprint density at radius 1 is 0.696 bits per heavy atom. The van der Waals surface area contributed by atoms with E-state index in [0.29, 0.717) is 0 Å². The summed E-state index contributed by atoms with van der Waals surface area (Å²) in [6, 6.07) is 24.7. The number of hydrogen-bond acceptors (Lipinski definition) is 2. The Balaban J connectivity index is 1.69. The number of unbranched alkanes of at least 4 members (excludes halogenated alkanes) is 10. The average molecular weight is 617 g/mol. The lowest BCUT2D eigenvalue weighted by molar-refractivity contribution is -0.438. The summed E-state index contributed by atoms with van der Waals surface area (Å²) in [6.45, 7) is 10.9. The van der Waals surface area contributed by atoms with E-state index in [1.165, 1.54) is 97.8 Å². The van der Waals surface area contributed by atoms with E-state index in [1.807, 2.05) is 12.1 Å². The lowest BCUT2D eigenvalue weighted by Crippen LogP contribution is -2.24. The van der Waals surface area contributed by atoms with Crippen molar-refractivity contribution in [1.29, 1.82) is 0 Å². The molecule has 0 atom stereocenters. The SMILES string of the molecule is CCCCCCCCn1c(C)c(/C(=C2\C(C)=[N+](CCCCCCCC)c3ccccc32)c2ccccc2C(=O)[O-])c2ccccc21. The number of benzene rings is 3. The molecule has 46 heavy (non-hydrogen) atoms. The molecule has 242 valence electrons. The highest BCUT2D eigenvalue weighted by Gasteiger charge is 2.36. The van der Waals surface area contributed by atoms with Crippen LogP contribution in [0, 0.1) is 6.92 Å². The molecule has 4 nitrogen and oxygen atoms in total. The number of carbonyl (C=O) groups excluding carboxylic acids is 1. The van der Waals surface area contributed by atoms with Crippen molar-refractivity contribution in [2.75, 3.05) is 6.54 Å². The Bertz CT molecular complexity index is 1720. The van der Waals surface area contributed by atoms with Gasteiger partial charge in [-0.2, -0.15) is 4.58 Å². The molecule has 4 heteroatoms. The number of rotatable bonds is 17. The monoisotopic (exact) mass is 616 g/mol. The molecule has 0 unspecified atom stereocenters. The molecular formula is C42H52N2O2. The molecule has 0 bridgehead atoms. The predicted molar refractivity (Wildman–Crippen MR) is 192 cm³/mol. The third kappa shape index (κ3) is 7.07. The second-order valence-electron chi connectivity index (χ2n) is 13.0. The molecule has 2 heterocycles. The van der Waals surface area contributed by atoms with Crippen molar-refractivity contribution >= 4 is 39.4 Å². The summed E-state index contributed by atoms with van der Waals surface area (Å²) in [7, 11) is 0. The first-order chi connectivity index (χ1) is 22.5. The van der Waals surface area contributed by atoms with Crippen LogP contribution in [0.1, 0.15) is 131 Å². The van der Waals surface area contributed by atoms with Gasteiger partial charge < -0.3 is 14.5 Å². The Morgan fingerprint density at radius 3 is 2.00 bits per heavy atom. The van der Waals surface area contributed by atoms with E-state index in [-0.39, 0.29) is 5.56 Å². The second-order valence-corrected chi connectivity index (χ2v) is 13.0. The zero-order valence-corrected chi connectivity index (χ0v) is 28.5. The van der Waals surface area contributed by atoms with Gasteiger partial charge in [-0.05, 0) is 37.5 Å². The van der Waals surface area contributed by atoms with Gasteiger partial charge in [-0.3, -0.25) is 0 Å². The van der Waals surface area contributed by atoms with E-state index in [4.69, 9.17) is 0 Å². The van der Waals surface area contributed by atoms with Gasteiger partial charge in [0.25, 0.3) is 0 Å². The normalized spacial score (nSPS) is 13.9. The molecule has 1 aromatic heterocycles. The van der Waals surface area contributed by atoms with Crippen LogP contribution < -0.4 is 5.11 Å². The molecule has 0 saturated carbocycles. The summed E-state index contributed by atoms with van der Waals surface area (Å²) >= 11 is 0. The molecule has 0 fully saturated rings. The molecule has 1 aliphatic heterocycles. The molecule has 0 radical (unpaired) electrons. The minimum Gasteiger partial charge on any atom is -0.545 e. The lowest BCUT2D eigenvalue weighted by Gasteiger charge is -2.18. The molecule has 0 N–H and O–H groups in total. The van der Waals surface area contributed by atoms with Crippen LogP contribution in [0.15, 0.2) is 72.8 Å². The van der Waals surface area contributed by atoms with Gasteiger partial charge in [-0.1, -0.05) is 126 Å². The van der Waals surface area contributed by atoms with E-state index in [2.05, 4.69) is 85.4 Å². The number of aryl methyl sites for hydroxylation is 1. The molecular weight excluding hydrogens is 564 g/mol. The van der Waals surface area contributed by atoms with Crippen molar-refractivity contribution in [2.24, 2.45) is 0 Å². The number of allylic oxidation sites excluding steroid dienone is 1. The van der Waals surface area contributed by atoms with E-state index in [9.17, 15) is 9.90 Å². The van der Waals surface area contributed by atoms with E-state index in [1.54, 1.807) is 12.1 Å². The molecule has 1 aliphatic rings. The summed E-state index contributed by atoms with van der Waals surface area (Å²) in [5.74, 6) is -1.14. The number of carboxylic acid groups (broad SMARTS) is 1. The maximum atomic E-state index is 12.7. The van der Waals surface area contributed by atoms with Gasteiger partial charge in [-0.15, -0.1) is 0 Å². The maximum Gasteiger partial charge on any atom is 0.213 e. The number of nitrogens with zero attached hydrogens (tertiary/aromatic N) is 2. The van der Waals surface area contributed by atoms with Gasteiger partial charge in [0.2, 0.25) is 5.69 Å². The summed E-state index contributed by atoms with van der Waals surface area (Å²) in [4.78, 5) is 12.7. The maximum absolute atomic E-state index is 12.7. The smallest absolute Gasteiger partial charge is 0.213 e. The van der Waals surface area contributed by atoms with Crippen LogP contribution in [-0.4, -0.2) is 27.4 Å². The van der Waals surface area contributed by atoms with Crippen molar-refractivity contribution in [3.8, 4) is 0 Å². The second kappa shape index (κ2) is 16.1. The van der Waals surface area contributed by atoms with Crippen LogP contribution in [0.4, 0.5) is 5.69 Å². The summed E-state index contributed by atoms with van der Waals surface area (Å²) < 4.78 is 4.94. The fraction of sp³-hybridized carbons (Fsp3) is 0.429. The van der Waals surface area contributed by atoms with Crippen LogP contribution >= 0.6 is 0 Å². The topological polar surface area (TPSA) is 48.1 Å². The van der Waals surface area contributed by atoms with Crippen LogP contribution in [-0.2, 0) is 6.54 Å². The van der Waals surface area contributed by atoms with Crippen molar-refractivity contribution in [3.63, 3.8) is 0 Å². The molecule has 5 rings (SSSR count). The van der Waals surface area contributed by atoms with Gasteiger partial charge >= 0.3 is 0 Å². The standard InChI is InChI=1S/C42H52N2O2/c1-5-7-9-11-13-21-29-43-31(3)39(35-25-17-19-27-37(35)43)41(33-23-15-16-24-34(33)42(45)46)40-32(4)44(30-22-14-12-10-8-6-2)38-28-20-18-26-36(38)40/h15-20,23-28H,5-14,21-22,29-30H2,1-4H3. The summed E-state index contributed by atoms with van der Waals surface area (Å²) in [5, 5.41) is 13.8. The molecule has 0 aliphatic carbocycles. The van der Waals surface area contributed by atoms with E-state index in [0.717, 1.165) is 48.2 Å². The van der Waals surface area contributed by atoms with E-state index < -0.39 is 5.97 Å². The first-order valence-corrected chi connectivity index (χ1v) is 17.8.